The maximum atomic E-state index is 4.83. The maximum Gasteiger partial charge on any atom is 1.00 e. The average Bonchev–Trinajstić information content (AvgIpc) is 1.00. The van der Waals surface area contributed by atoms with E-state index in [4.69, 9.17) is 8.25 Å². The Morgan fingerprint density at radius 2 is 1.50 bits per heavy atom. The van der Waals surface area contributed by atoms with Gasteiger partial charge in [-0.3, -0.25) is 0 Å². The zero-order valence-corrected chi connectivity index (χ0v) is 11.6. The summed E-state index contributed by atoms with van der Waals surface area (Å²) >= 11 is 0.500. The number of hydrogen-bond acceptors (Lipinski definition) is 0. The van der Waals surface area contributed by atoms with Gasteiger partial charge >= 0.3 is 62.7 Å². The van der Waals surface area contributed by atoms with Crippen molar-refractivity contribution in [3.63, 3.8) is 0 Å². The van der Waals surface area contributed by atoms with Crippen LogP contribution in [0.3, 0.4) is 0 Å². The van der Waals surface area contributed by atoms with Crippen LogP contribution in [-0.4, -0.2) is 0 Å². The van der Waals surface area contributed by atoms with E-state index in [1.165, 1.54) is 0 Å². The van der Waals surface area contributed by atoms with Crippen LogP contribution in [0.4, 0.5) is 0 Å². The standard InChI is InChI=1S/2ClH.Hg.Na.H/h2*1H;;;/q;;2*+1;-1/p-1. The fraction of sp³-hybridized carbons (Fsp3) is 0. The van der Waals surface area contributed by atoms with Gasteiger partial charge in [-0.1, -0.05) is 0 Å². The molecule has 0 heterocycles. The number of hydrogen-bond donors (Lipinski definition) is 0. The van der Waals surface area contributed by atoms with E-state index in [0.29, 0.717) is 24.9 Å². The van der Waals surface area contributed by atoms with Crippen molar-refractivity contribution in [2.75, 3.05) is 0 Å². The van der Waals surface area contributed by atoms with Crippen LogP contribution >= 0.6 is 20.7 Å². The van der Waals surface area contributed by atoms with Gasteiger partial charge in [0.15, 0.2) is 0 Å². The van der Waals surface area contributed by atoms with Crippen LogP contribution in [0.5, 0.6) is 0 Å². The molecule has 0 amide bonds. The van der Waals surface area contributed by atoms with E-state index in [2.05, 4.69) is 0 Å². The van der Waals surface area contributed by atoms with Gasteiger partial charge in [-0.2, -0.15) is 0 Å². The molecule has 0 unspecified atom stereocenters. The first-order valence-corrected chi connectivity index (χ1v) is 7.04. The van der Waals surface area contributed by atoms with E-state index in [1.807, 2.05) is 0 Å². The van der Waals surface area contributed by atoms with Gasteiger partial charge < -0.3 is 1.43 Å². The van der Waals surface area contributed by atoms with Crippen LogP contribution < -0.4 is 29.6 Å². The van der Waals surface area contributed by atoms with Crippen molar-refractivity contribution >= 4 is 20.7 Å². The molecule has 19 valence electrons. The molecule has 0 spiro atoms. The Labute approximate surface area is 75.3 Å². The monoisotopic (exact) mass is 297 g/mol. The molecule has 0 N–H and O–H groups in total. The van der Waals surface area contributed by atoms with Crippen LogP contribution in [-0.2, 0) is 24.9 Å². The minimum Gasteiger partial charge on any atom is -1.00 e. The van der Waals surface area contributed by atoms with Crippen molar-refractivity contribution in [3.05, 3.63) is 0 Å². The van der Waals surface area contributed by atoms with E-state index in [0.717, 1.165) is 0 Å². The second-order valence-electron chi connectivity index (χ2n) is 0. The molecule has 0 bridgehead atoms. The Morgan fingerprint density at radius 1 is 1.50 bits per heavy atom. The summed E-state index contributed by atoms with van der Waals surface area (Å²) in [6, 6.07) is 0. The smallest absolute Gasteiger partial charge is 1.00 e. The third-order valence-corrected chi connectivity index (χ3v) is 0. The van der Waals surface area contributed by atoms with Crippen molar-refractivity contribution in [1.82, 2.24) is 0 Å². The van der Waals surface area contributed by atoms with E-state index < -0.39 is 0 Å². The third-order valence-electron chi connectivity index (χ3n) is 0. The minimum atomic E-state index is 0. The van der Waals surface area contributed by atoms with Gasteiger partial charge in [0.05, 0.1) is 0 Å². The van der Waals surface area contributed by atoms with Crippen molar-refractivity contribution in [2.45, 2.75) is 0 Å². The summed E-state index contributed by atoms with van der Waals surface area (Å²) in [4.78, 5) is 0. The zero-order chi connectivity index (χ0) is 2.00. The van der Waals surface area contributed by atoms with E-state index in [-0.39, 0.29) is 43.4 Å². The van der Waals surface area contributed by atoms with Gasteiger partial charge in [0.1, 0.15) is 0 Å². The van der Waals surface area contributed by atoms with E-state index in [9.17, 15) is 0 Å². The molecule has 0 aliphatic rings. The summed E-state index contributed by atoms with van der Waals surface area (Å²) in [6.07, 6.45) is 0. The van der Waals surface area contributed by atoms with Gasteiger partial charge in [-0.15, -0.1) is 12.4 Å². The SMILES string of the molecule is Cl.[Cl][Hg].[H-].[Na+]. The summed E-state index contributed by atoms with van der Waals surface area (Å²) in [6.45, 7) is 0. The molecular formula is H2Cl2HgNa. The van der Waals surface area contributed by atoms with Crippen LogP contribution in [0.1, 0.15) is 1.43 Å². The Balaban J connectivity index is -0.00000000167. The first kappa shape index (κ1) is 16.0. The summed E-state index contributed by atoms with van der Waals surface area (Å²) in [5.74, 6) is 0. The van der Waals surface area contributed by atoms with Crippen LogP contribution in [0.2, 0.25) is 0 Å². The van der Waals surface area contributed by atoms with Gasteiger partial charge in [-0.05, 0) is 0 Å². The van der Waals surface area contributed by atoms with Gasteiger partial charge in [-0.25, -0.2) is 0 Å². The van der Waals surface area contributed by atoms with E-state index >= 15 is 0 Å². The topological polar surface area (TPSA) is 0 Å². The third kappa shape index (κ3) is 8.82. The second-order valence-corrected chi connectivity index (χ2v) is 0. The molecule has 0 radical (unpaired) electrons. The average molecular weight is 297 g/mol. The first-order chi connectivity index (χ1) is 1.00. The molecule has 0 aliphatic carbocycles. The minimum absolute atomic E-state index is 0. The Morgan fingerprint density at radius 3 is 1.50 bits per heavy atom. The second kappa shape index (κ2) is 17.8. The Bertz CT molecular complexity index is 9.61. The Kier molecular flexibility index (Phi) is 71.3. The molecule has 0 aliphatic heterocycles. The summed E-state index contributed by atoms with van der Waals surface area (Å²) in [5, 5.41) is 0. The molecule has 0 atom stereocenters. The molecule has 0 aromatic rings. The molecule has 4 heavy (non-hydrogen) atoms. The fourth-order valence-corrected chi connectivity index (χ4v) is 0. The van der Waals surface area contributed by atoms with Gasteiger partial charge in [0.25, 0.3) is 0 Å². The molecule has 4 heteroatoms. The summed E-state index contributed by atoms with van der Waals surface area (Å²) in [7, 11) is 4.83. The van der Waals surface area contributed by atoms with Gasteiger partial charge in [0, 0.05) is 0 Å². The Hall–Kier alpha value is 2.52. The molecule has 0 saturated heterocycles. The van der Waals surface area contributed by atoms with Crippen LogP contribution in [0.15, 0.2) is 0 Å². The molecule has 0 fully saturated rings. The summed E-state index contributed by atoms with van der Waals surface area (Å²) in [5.41, 5.74) is 0. The normalized spacial score (nSPS) is 1.75. The molecule has 0 aromatic heterocycles. The number of rotatable bonds is 0. The van der Waals surface area contributed by atoms with Crippen molar-refractivity contribution in [1.29, 1.82) is 0 Å². The first-order valence-electron chi connectivity index (χ1n) is 0.267. The van der Waals surface area contributed by atoms with Crippen LogP contribution in [0.25, 0.3) is 0 Å². The predicted molar refractivity (Wildman–Crippen MR) is 14.2 cm³/mol. The van der Waals surface area contributed by atoms with Crippen molar-refractivity contribution < 1.29 is 55.9 Å². The van der Waals surface area contributed by atoms with Crippen molar-refractivity contribution in [2.24, 2.45) is 0 Å². The number of halogens is 2. The zero-order valence-electron chi connectivity index (χ0n) is 3.49. The van der Waals surface area contributed by atoms with Crippen molar-refractivity contribution in [3.8, 4) is 0 Å². The quantitative estimate of drug-likeness (QED) is 0.464. The predicted octanol–water partition coefficient (Wildman–Crippen LogP) is -1.77. The van der Waals surface area contributed by atoms with Crippen LogP contribution in [0, 0.1) is 0 Å². The largest absolute Gasteiger partial charge is 1.00 e. The van der Waals surface area contributed by atoms with Gasteiger partial charge in [0.2, 0.25) is 0 Å². The molecule has 0 aromatic carbocycles. The summed E-state index contributed by atoms with van der Waals surface area (Å²) < 4.78 is 0. The molecule has 0 rings (SSSR count). The molecule has 0 nitrogen and oxygen atoms in total. The maximum absolute atomic E-state index is 4.83. The molecule has 0 saturated carbocycles. The fourth-order valence-electron chi connectivity index (χ4n) is 0. The molecular weight excluding hydrogens is 294 g/mol. The van der Waals surface area contributed by atoms with E-state index in [1.54, 1.807) is 0 Å².